The minimum absolute atomic E-state index is 0.793. The molecule has 0 radical (unpaired) electrons. The van der Waals surface area contributed by atoms with Crippen molar-refractivity contribution >= 4 is 6.08 Å². The van der Waals surface area contributed by atoms with Crippen LogP contribution in [0.2, 0.25) is 0 Å². The Morgan fingerprint density at radius 3 is 2.81 bits per heavy atom. The van der Waals surface area contributed by atoms with E-state index in [1.165, 1.54) is 0 Å². The molecule has 0 atom stereocenters. The van der Waals surface area contributed by atoms with Gasteiger partial charge in [-0.15, -0.1) is 0 Å². The molecule has 1 aliphatic rings. The molecule has 1 heterocycles. The van der Waals surface area contributed by atoms with Crippen molar-refractivity contribution in [2.45, 2.75) is 6.42 Å². The van der Waals surface area contributed by atoms with Crippen LogP contribution in [0.1, 0.15) is 12.0 Å². The standard InChI is InChI=1S/C14H15NO/c1-16-15-12-6-5-9-14(15)11-10-13-7-3-2-4-8-13/h2-8,10H,9,12H2,1H3. The normalized spacial score (nSPS) is 14.8. The SMILES string of the molecule is CON1CC=CCC1=C=Cc1ccccc1. The fourth-order valence-electron chi connectivity index (χ4n) is 1.61. The second kappa shape index (κ2) is 5.36. The van der Waals surface area contributed by atoms with Crippen molar-refractivity contribution in [1.82, 2.24) is 5.06 Å². The van der Waals surface area contributed by atoms with E-state index in [-0.39, 0.29) is 0 Å². The Hall–Kier alpha value is -1.76. The van der Waals surface area contributed by atoms with Crippen LogP contribution in [-0.2, 0) is 4.84 Å². The molecule has 0 saturated carbocycles. The molecule has 1 aliphatic heterocycles. The molecule has 1 aromatic rings. The first-order chi connectivity index (χ1) is 7.90. The van der Waals surface area contributed by atoms with Crippen molar-refractivity contribution in [2.75, 3.05) is 13.7 Å². The average Bonchev–Trinajstić information content (AvgIpc) is 2.38. The highest BCUT2D eigenvalue weighted by Gasteiger charge is 2.08. The van der Waals surface area contributed by atoms with E-state index in [1.807, 2.05) is 29.3 Å². The first-order valence-corrected chi connectivity index (χ1v) is 5.37. The van der Waals surface area contributed by atoms with Gasteiger partial charge < -0.3 is 0 Å². The zero-order valence-electron chi connectivity index (χ0n) is 9.39. The molecular weight excluding hydrogens is 198 g/mol. The second-order valence-electron chi connectivity index (χ2n) is 3.57. The van der Waals surface area contributed by atoms with E-state index in [0.29, 0.717) is 0 Å². The summed E-state index contributed by atoms with van der Waals surface area (Å²) in [6.07, 6.45) is 7.09. The Labute approximate surface area is 96.1 Å². The van der Waals surface area contributed by atoms with Crippen LogP contribution in [0.3, 0.4) is 0 Å². The third kappa shape index (κ3) is 2.63. The molecule has 0 amide bonds. The molecule has 0 aliphatic carbocycles. The predicted molar refractivity (Wildman–Crippen MR) is 65.4 cm³/mol. The number of hydrogen-bond acceptors (Lipinski definition) is 2. The minimum atomic E-state index is 0.793. The fourth-order valence-corrected chi connectivity index (χ4v) is 1.61. The van der Waals surface area contributed by atoms with Crippen LogP contribution in [0.4, 0.5) is 0 Å². The molecule has 0 saturated heterocycles. The van der Waals surface area contributed by atoms with Gasteiger partial charge in [0, 0.05) is 6.42 Å². The van der Waals surface area contributed by atoms with Crippen molar-refractivity contribution in [3.05, 3.63) is 59.5 Å². The summed E-state index contributed by atoms with van der Waals surface area (Å²) in [7, 11) is 1.68. The van der Waals surface area contributed by atoms with Crippen LogP contribution >= 0.6 is 0 Å². The predicted octanol–water partition coefficient (Wildman–Crippen LogP) is 3.01. The van der Waals surface area contributed by atoms with Gasteiger partial charge >= 0.3 is 0 Å². The Balaban J connectivity index is 2.22. The molecule has 82 valence electrons. The summed E-state index contributed by atoms with van der Waals surface area (Å²) in [6, 6.07) is 10.2. The summed E-state index contributed by atoms with van der Waals surface area (Å²) in [5, 5.41) is 1.85. The average molecular weight is 213 g/mol. The molecule has 0 N–H and O–H groups in total. The van der Waals surface area contributed by atoms with Crippen molar-refractivity contribution in [1.29, 1.82) is 0 Å². The molecular formula is C14H15NO. The second-order valence-corrected chi connectivity index (χ2v) is 3.57. The summed E-state index contributed by atoms with van der Waals surface area (Å²) >= 11 is 0. The summed E-state index contributed by atoms with van der Waals surface area (Å²) in [4.78, 5) is 5.25. The number of hydrogen-bond donors (Lipinski definition) is 0. The van der Waals surface area contributed by atoms with Crippen LogP contribution < -0.4 is 0 Å². The quantitative estimate of drug-likeness (QED) is 0.553. The smallest absolute Gasteiger partial charge is 0.0868 e. The number of benzene rings is 1. The molecule has 0 bridgehead atoms. The highest BCUT2D eigenvalue weighted by Crippen LogP contribution is 2.14. The molecule has 0 unspecified atom stereocenters. The zero-order valence-corrected chi connectivity index (χ0v) is 9.39. The molecule has 0 aromatic heterocycles. The van der Waals surface area contributed by atoms with Crippen molar-refractivity contribution in [3.63, 3.8) is 0 Å². The lowest BCUT2D eigenvalue weighted by atomic mass is 10.2. The van der Waals surface area contributed by atoms with Gasteiger partial charge in [0.15, 0.2) is 0 Å². The molecule has 2 nitrogen and oxygen atoms in total. The summed E-state index contributed by atoms with van der Waals surface area (Å²) in [6.45, 7) is 0.793. The first kappa shape index (κ1) is 10.7. The van der Waals surface area contributed by atoms with Gasteiger partial charge in [0.05, 0.1) is 19.4 Å². The highest BCUT2D eigenvalue weighted by molar-refractivity contribution is 5.48. The van der Waals surface area contributed by atoms with Gasteiger partial charge in [-0.3, -0.25) is 4.84 Å². The van der Waals surface area contributed by atoms with E-state index in [9.17, 15) is 0 Å². The lowest BCUT2D eigenvalue weighted by Gasteiger charge is -2.23. The lowest BCUT2D eigenvalue weighted by molar-refractivity contribution is -0.0941. The maximum atomic E-state index is 5.25. The van der Waals surface area contributed by atoms with Crippen LogP contribution in [-0.4, -0.2) is 18.7 Å². The van der Waals surface area contributed by atoms with Gasteiger partial charge in [-0.25, -0.2) is 5.06 Å². The number of nitrogens with zero attached hydrogens (tertiary/aromatic N) is 1. The zero-order chi connectivity index (χ0) is 11.2. The Kier molecular flexibility index (Phi) is 3.60. The Bertz CT molecular complexity index is 427. The number of rotatable bonds is 2. The molecule has 16 heavy (non-hydrogen) atoms. The first-order valence-electron chi connectivity index (χ1n) is 5.37. The van der Waals surface area contributed by atoms with Crippen LogP contribution in [0.25, 0.3) is 6.08 Å². The van der Waals surface area contributed by atoms with Gasteiger partial charge in [-0.05, 0) is 11.6 Å². The van der Waals surface area contributed by atoms with Crippen LogP contribution in [0.15, 0.2) is 53.9 Å². The molecule has 2 rings (SSSR count). The number of allylic oxidation sites excluding steroid dienone is 1. The van der Waals surface area contributed by atoms with Gasteiger partial charge in [0.1, 0.15) is 0 Å². The van der Waals surface area contributed by atoms with E-state index in [0.717, 1.165) is 24.2 Å². The maximum Gasteiger partial charge on any atom is 0.0868 e. The fraction of sp³-hybridized carbons (Fsp3) is 0.214. The van der Waals surface area contributed by atoms with Gasteiger partial charge in [0.2, 0.25) is 0 Å². The van der Waals surface area contributed by atoms with Crippen LogP contribution in [0.5, 0.6) is 0 Å². The largest absolute Gasteiger partial charge is 0.276 e. The van der Waals surface area contributed by atoms with Crippen molar-refractivity contribution in [3.8, 4) is 0 Å². The summed E-state index contributed by atoms with van der Waals surface area (Å²) in [5.74, 6) is 0. The van der Waals surface area contributed by atoms with E-state index < -0.39 is 0 Å². The number of hydroxylamine groups is 2. The van der Waals surface area contributed by atoms with Gasteiger partial charge in [-0.1, -0.05) is 48.2 Å². The third-order valence-corrected chi connectivity index (χ3v) is 2.48. The Morgan fingerprint density at radius 2 is 2.06 bits per heavy atom. The highest BCUT2D eigenvalue weighted by atomic mass is 16.7. The summed E-state index contributed by atoms with van der Waals surface area (Å²) in [5.41, 5.74) is 5.50. The van der Waals surface area contributed by atoms with Gasteiger partial charge in [-0.2, -0.15) is 0 Å². The monoisotopic (exact) mass is 213 g/mol. The van der Waals surface area contributed by atoms with Gasteiger partial charge in [0.25, 0.3) is 0 Å². The van der Waals surface area contributed by atoms with Crippen molar-refractivity contribution in [2.24, 2.45) is 0 Å². The molecule has 1 aromatic carbocycles. The van der Waals surface area contributed by atoms with E-state index >= 15 is 0 Å². The van der Waals surface area contributed by atoms with E-state index in [2.05, 4.69) is 30.0 Å². The van der Waals surface area contributed by atoms with E-state index in [1.54, 1.807) is 7.11 Å². The summed E-state index contributed by atoms with van der Waals surface area (Å²) < 4.78 is 0. The Morgan fingerprint density at radius 1 is 1.25 bits per heavy atom. The van der Waals surface area contributed by atoms with E-state index in [4.69, 9.17) is 4.84 Å². The molecule has 0 fully saturated rings. The third-order valence-electron chi connectivity index (χ3n) is 2.48. The van der Waals surface area contributed by atoms with Crippen LogP contribution in [0, 0.1) is 0 Å². The topological polar surface area (TPSA) is 12.5 Å². The van der Waals surface area contributed by atoms with Crippen molar-refractivity contribution < 1.29 is 4.84 Å². The lowest BCUT2D eigenvalue weighted by Crippen LogP contribution is -2.23. The molecule has 2 heteroatoms. The maximum absolute atomic E-state index is 5.25. The minimum Gasteiger partial charge on any atom is -0.276 e. The molecule has 0 spiro atoms.